The highest BCUT2D eigenvalue weighted by atomic mass is 16.3. The number of carbonyl (C=O) groups is 1. The van der Waals surface area contributed by atoms with Crippen molar-refractivity contribution in [1.82, 2.24) is 19.9 Å². The van der Waals surface area contributed by atoms with Gasteiger partial charge in [-0.2, -0.15) is 0 Å². The van der Waals surface area contributed by atoms with Crippen LogP contribution in [0.4, 0.5) is 0 Å². The fourth-order valence-corrected chi connectivity index (χ4v) is 1.90. The van der Waals surface area contributed by atoms with Crippen molar-refractivity contribution in [2.75, 3.05) is 7.05 Å². The van der Waals surface area contributed by atoms with Gasteiger partial charge in [0.1, 0.15) is 23.8 Å². The zero-order valence-corrected chi connectivity index (χ0v) is 12.5. The van der Waals surface area contributed by atoms with E-state index in [0.29, 0.717) is 18.7 Å². The van der Waals surface area contributed by atoms with Crippen molar-refractivity contribution in [2.45, 2.75) is 39.5 Å². The third-order valence-corrected chi connectivity index (χ3v) is 3.20. The van der Waals surface area contributed by atoms with Crippen LogP contribution in [0, 0.1) is 6.92 Å². The van der Waals surface area contributed by atoms with Gasteiger partial charge < -0.3 is 14.4 Å². The lowest BCUT2D eigenvalue weighted by molar-refractivity contribution is -0.131. The van der Waals surface area contributed by atoms with Gasteiger partial charge in [-0.1, -0.05) is 12.1 Å². The van der Waals surface area contributed by atoms with Crippen LogP contribution in [-0.2, 0) is 17.9 Å². The Balaban J connectivity index is 1.92. The number of furan rings is 1. The molecule has 0 aliphatic carbocycles. The molecule has 0 fully saturated rings. The summed E-state index contributed by atoms with van der Waals surface area (Å²) in [6, 6.07) is 3.72. The number of rotatable bonds is 6. The third kappa shape index (κ3) is 3.91. The number of aryl methyl sites for hydroxylation is 1. The molecule has 0 saturated heterocycles. The largest absolute Gasteiger partial charge is 0.464 e. The molecule has 2 heterocycles. The van der Waals surface area contributed by atoms with Gasteiger partial charge in [0, 0.05) is 7.05 Å². The number of aliphatic hydroxyl groups is 1. The van der Waals surface area contributed by atoms with Gasteiger partial charge in [-0.3, -0.25) is 4.79 Å². The van der Waals surface area contributed by atoms with Crippen molar-refractivity contribution in [3.8, 4) is 0 Å². The fourth-order valence-electron chi connectivity index (χ4n) is 1.90. The molecule has 2 rings (SSSR count). The van der Waals surface area contributed by atoms with Crippen LogP contribution >= 0.6 is 0 Å². The van der Waals surface area contributed by atoms with Gasteiger partial charge in [0.2, 0.25) is 5.91 Å². The Morgan fingerprint density at radius 2 is 2.29 bits per heavy atom. The van der Waals surface area contributed by atoms with Crippen LogP contribution in [-0.4, -0.2) is 38.0 Å². The van der Waals surface area contributed by atoms with Crippen LogP contribution in [0.3, 0.4) is 0 Å². The molecular formula is C14H20N4O3. The quantitative estimate of drug-likeness (QED) is 0.867. The summed E-state index contributed by atoms with van der Waals surface area (Å²) >= 11 is 0. The van der Waals surface area contributed by atoms with Crippen molar-refractivity contribution in [1.29, 1.82) is 0 Å². The number of hydrogen-bond donors (Lipinski definition) is 1. The van der Waals surface area contributed by atoms with E-state index in [1.807, 2.05) is 26.0 Å². The maximum absolute atomic E-state index is 12.1. The Morgan fingerprint density at radius 1 is 1.52 bits per heavy atom. The zero-order chi connectivity index (χ0) is 15.4. The van der Waals surface area contributed by atoms with Crippen molar-refractivity contribution in [2.24, 2.45) is 0 Å². The summed E-state index contributed by atoms with van der Waals surface area (Å²) in [6.07, 6.45) is 1.51. The van der Waals surface area contributed by atoms with Crippen molar-refractivity contribution < 1.29 is 14.3 Å². The van der Waals surface area contributed by atoms with Gasteiger partial charge in [0.05, 0.1) is 18.8 Å². The Morgan fingerprint density at radius 3 is 2.90 bits per heavy atom. The minimum Gasteiger partial charge on any atom is -0.464 e. The first-order chi connectivity index (χ1) is 9.99. The Kier molecular flexibility index (Phi) is 4.74. The lowest BCUT2D eigenvalue weighted by Crippen LogP contribution is -2.29. The van der Waals surface area contributed by atoms with E-state index >= 15 is 0 Å². The summed E-state index contributed by atoms with van der Waals surface area (Å²) in [4.78, 5) is 13.7. The minimum atomic E-state index is -0.641. The topological polar surface area (TPSA) is 84.4 Å². The maximum Gasteiger partial charge on any atom is 0.244 e. The molecule has 2 aromatic heterocycles. The third-order valence-electron chi connectivity index (χ3n) is 3.20. The number of aliphatic hydroxyl groups excluding tert-OH is 1. The van der Waals surface area contributed by atoms with E-state index in [1.165, 1.54) is 4.68 Å². The van der Waals surface area contributed by atoms with Gasteiger partial charge in [0.15, 0.2) is 0 Å². The monoisotopic (exact) mass is 292 g/mol. The number of likely N-dealkylation sites (N-methyl/N-ethyl adjacent to an activating group) is 1. The van der Waals surface area contributed by atoms with E-state index in [9.17, 15) is 9.90 Å². The number of aromatic nitrogens is 3. The van der Waals surface area contributed by atoms with E-state index in [2.05, 4.69) is 10.3 Å². The molecule has 7 nitrogen and oxygen atoms in total. The smallest absolute Gasteiger partial charge is 0.244 e. The van der Waals surface area contributed by atoms with E-state index in [4.69, 9.17) is 4.42 Å². The summed E-state index contributed by atoms with van der Waals surface area (Å²) in [5.74, 6) is 1.45. The van der Waals surface area contributed by atoms with Crippen LogP contribution in [0.15, 0.2) is 22.7 Å². The lowest BCUT2D eigenvalue weighted by Gasteiger charge is -2.15. The highest BCUT2D eigenvalue weighted by Crippen LogP contribution is 2.12. The normalized spacial score (nSPS) is 12.4. The highest BCUT2D eigenvalue weighted by molar-refractivity contribution is 5.75. The maximum atomic E-state index is 12.1. The average Bonchev–Trinajstić information content (AvgIpc) is 3.07. The average molecular weight is 292 g/mol. The second kappa shape index (κ2) is 6.53. The first-order valence-electron chi connectivity index (χ1n) is 6.87. The van der Waals surface area contributed by atoms with Gasteiger partial charge in [-0.25, -0.2) is 4.68 Å². The van der Waals surface area contributed by atoms with Crippen LogP contribution in [0.1, 0.15) is 36.7 Å². The van der Waals surface area contributed by atoms with Crippen molar-refractivity contribution >= 4 is 5.91 Å². The molecule has 0 saturated carbocycles. The molecule has 0 aliphatic rings. The van der Waals surface area contributed by atoms with E-state index < -0.39 is 6.10 Å². The minimum absolute atomic E-state index is 0.0830. The van der Waals surface area contributed by atoms with Crippen LogP contribution < -0.4 is 0 Å². The molecule has 2 aromatic rings. The van der Waals surface area contributed by atoms with E-state index in [-0.39, 0.29) is 12.5 Å². The number of amides is 1. The van der Waals surface area contributed by atoms with E-state index in [1.54, 1.807) is 18.1 Å². The van der Waals surface area contributed by atoms with Crippen molar-refractivity contribution in [3.05, 3.63) is 35.5 Å². The van der Waals surface area contributed by atoms with Gasteiger partial charge in [-0.05, 0) is 25.5 Å². The molecular weight excluding hydrogens is 272 g/mol. The van der Waals surface area contributed by atoms with Gasteiger partial charge in [-0.15, -0.1) is 5.10 Å². The SMILES string of the molecule is CCC(O)c1cn(CC(=O)N(C)Cc2ccc(C)o2)nn1. The van der Waals surface area contributed by atoms with Crippen LogP contribution in [0.2, 0.25) is 0 Å². The van der Waals surface area contributed by atoms with Crippen LogP contribution in [0.25, 0.3) is 0 Å². The molecule has 0 bridgehead atoms. The first-order valence-corrected chi connectivity index (χ1v) is 6.87. The molecule has 7 heteroatoms. The second-order valence-electron chi connectivity index (χ2n) is 5.03. The molecule has 0 spiro atoms. The predicted octanol–water partition coefficient (Wildman–Crippen LogP) is 1.28. The summed E-state index contributed by atoms with van der Waals surface area (Å²) in [7, 11) is 1.71. The zero-order valence-electron chi connectivity index (χ0n) is 12.5. The molecule has 114 valence electrons. The predicted molar refractivity (Wildman–Crippen MR) is 75.2 cm³/mol. The standard InChI is InChI=1S/C14H20N4O3/c1-4-13(19)12-8-18(16-15-12)9-14(20)17(3)7-11-6-5-10(2)21-11/h5-6,8,13,19H,4,7,9H2,1-3H3. The van der Waals surface area contributed by atoms with Crippen molar-refractivity contribution in [3.63, 3.8) is 0 Å². The molecule has 1 N–H and O–H groups in total. The summed E-state index contributed by atoms with van der Waals surface area (Å²) < 4.78 is 6.87. The molecule has 1 atom stereocenters. The lowest BCUT2D eigenvalue weighted by atomic mass is 10.2. The molecule has 1 amide bonds. The van der Waals surface area contributed by atoms with E-state index in [0.717, 1.165) is 11.5 Å². The Bertz CT molecular complexity index is 605. The number of hydrogen-bond acceptors (Lipinski definition) is 5. The van der Waals surface area contributed by atoms with Gasteiger partial charge in [0.25, 0.3) is 0 Å². The summed E-state index contributed by atoms with van der Waals surface area (Å²) in [5, 5.41) is 17.4. The molecule has 21 heavy (non-hydrogen) atoms. The molecule has 0 radical (unpaired) electrons. The summed E-state index contributed by atoms with van der Waals surface area (Å²) in [5.41, 5.74) is 0.481. The second-order valence-corrected chi connectivity index (χ2v) is 5.03. The Labute approximate surface area is 123 Å². The molecule has 0 aromatic carbocycles. The molecule has 1 unspecified atom stereocenters. The fraction of sp³-hybridized carbons (Fsp3) is 0.500. The first kappa shape index (κ1) is 15.2. The number of nitrogens with zero attached hydrogens (tertiary/aromatic N) is 4. The van der Waals surface area contributed by atoms with Crippen LogP contribution in [0.5, 0.6) is 0 Å². The Hall–Kier alpha value is -2.15. The molecule has 0 aliphatic heterocycles. The number of carbonyl (C=O) groups excluding carboxylic acids is 1. The summed E-state index contributed by atoms with van der Waals surface area (Å²) in [6.45, 7) is 4.21. The van der Waals surface area contributed by atoms with Gasteiger partial charge >= 0.3 is 0 Å². The highest BCUT2D eigenvalue weighted by Gasteiger charge is 2.15.